The Balaban J connectivity index is 3.12. The Morgan fingerprint density at radius 1 is 1.53 bits per heavy atom. The van der Waals surface area contributed by atoms with Gasteiger partial charge < -0.3 is 10.4 Å². The Kier molecular flexibility index (Phi) is 4.25. The lowest BCUT2D eigenvalue weighted by molar-refractivity contribution is 0.173. The SMILES string of the molecule is CCNC(C)(CO)c1ccc(Br)cc1F. The Hall–Kier alpha value is -0.450. The van der Waals surface area contributed by atoms with Crippen LogP contribution in [0.5, 0.6) is 0 Å². The number of hydrogen-bond acceptors (Lipinski definition) is 2. The highest BCUT2D eigenvalue weighted by atomic mass is 79.9. The van der Waals surface area contributed by atoms with E-state index in [1.54, 1.807) is 19.1 Å². The van der Waals surface area contributed by atoms with Crippen molar-refractivity contribution in [3.8, 4) is 0 Å². The van der Waals surface area contributed by atoms with Gasteiger partial charge in [-0.25, -0.2) is 4.39 Å². The molecule has 1 rings (SSSR count). The maximum absolute atomic E-state index is 13.7. The second-order valence-electron chi connectivity index (χ2n) is 3.64. The quantitative estimate of drug-likeness (QED) is 0.885. The second-order valence-corrected chi connectivity index (χ2v) is 4.56. The Bertz CT molecular complexity index is 345. The number of aliphatic hydroxyl groups excluding tert-OH is 1. The van der Waals surface area contributed by atoms with E-state index in [0.717, 1.165) is 0 Å². The van der Waals surface area contributed by atoms with Gasteiger partial charge in [-0.3, -0.25) is 0 Å². The summed E-state index contributed by atoms with van der Waals surface area (Å²) in [5, 5.41) is 12.4. The number of likely N-dealkylation sites (N-methyl/N-ethyl adjacent to an activating group) is 1. The first-order valence-electron chi connectivity index (χ1n) is 4.85. The zero-order valence-electron chi connectivity index (χ0n) is 8.85. The summed E-state index contributed by atoms with van der Waals surface area (Å²) in [6.07, 6.45) is 0. The summed E-state index contributed by atoms with van der Waals surface area (Å²) in [6.45, 7) is 4.24. The molecule has 0 bridgehead atoms. The second kappa shape index (κ2) is 5.05. The van der Waals surface area contributed by atoms with Gasteiger partial charge in [-0.1, -0.05) is 28.9 Å². The lowest BCUT2D eigenvalue weighted by atomic mass is 9.92. The average Bonchev–Trinajstić information content (AvgIpc) is 2.17. The van der Waals surface area contributed by atoms with Crippen LogP contribution in [0.25, 0.3) is 0 Å². The molecule has 1 aromatic carbocycles. The van der Waals surface area contributed by atoms with Crippen molar-refractivity contribution >= 4 is 15.9 Å². The van der Waals surface area contributed by atoms with Gasteiger partial charge in [-0.05, 0) is 25.6 Å². The lowest BCUT2D eigenvalue weighted by Gasteiger charge is -2.29. The summed E-state index contributed by atoms with van der Waals surface area (Å²) in [7, 11) is 0. The fourth-order valence-corrected chi connectivity index (χ4v) is 1.90. The fraction of sp³-hybridized carbons (Fsp3) is 0.455. The first kappa shape index (κ1) is 12.6. The van der Waals surface area contributed by atoms with Crippen LogP contribution in [0, 0.1) is 5.82 Å². The number of hydrogen-bond donors (Lipinski definition) is 2. The van der Waals surface area contributed by atoms with Gasteiger partial charge in [0.2, 0.25) is 0 Å². The molecule has 2 nitrogen and oxygen atoms in total. The van der Waals surface area contributed by atoms with Crippen molar-refractivity contribution in [2.75, 3.05) is 13.2 Å². The molecule has 0 aromatic heterocycles. The Morgan fingerprint density at radius 3 is 2.67 bits per heavy atom. The molecular weight excluding hydrogens is 261 g/mol. The maximum Gasteiger partial charge on any atom is 0.129 e. The number of benzene rings is 1. The molecule has 15 heavy (non-hydrogen) atoms. The van der Waals surface area contributed by atoms with Crippen molar-refractivity contribution in [3.63, 3.8) is 0 Å². The number of aliphatic hydroxyl groups is 1. The van der Waals surface area contributed by atoms with Crippen LogP contribution in [0.2, 0.25) is 0 Å². The minimum absolute atomic E-state index is 0.139. The Morgan fingerprint density at radius 2 is 2.20 bits per heavy atom. The summed E-state index contributed by atoms with van der Waals surface area (Å²) in [6, 6.07) is 4.85. The molecule has 0 amide bonds. The van der Waals surface area contributed by atoms with E-state index in [4.69, 9.17) is 0 Å². The van der Waals surface area contributed by atoms with Gasteiger partial charge in [0.1, 0.15) is 5.82 Å². The molecule has 1 aromatic rings. The maximum atomic E-state index is 13.7. The molecule has 0 aliphatic heterocycles. The normalized spacial score (nSPS) is 15.0. The van der Waals surface area contributed by atoms with Crippen LogP contribution in [0.4, 0.5) is 4.39 Å². The van der Waals surface area contributed by atoms with Crippen LogP contribution in [0.1, 0.15) is 19.4 Å². The number of halogens is 2. The fourth-order valence-electron chi connectivity index (χ4n) is 1.56. The summed E-state index contributed by atoms with van der Waals surface area (Å²) in [5.74, 6) is -0.318. The van der Waals surface area contributed by atoms with E-state index >= 15 is 0 Å². The predicted octanol–water partition coefficient (Wildman–Crippen LogP) is 2.41. The highest BCUT2D eigenvalue weighted by Gasteiger charge is 2.27. The van der Waals surface area contributed by atoms with E-state index in [-0.39, 0.29) is 12.4 Å². The van der Waals surface area contributed by atoms with Crippen LogP contribution in [0.15, 0.2) is 22.7 Å². The van der Waals surface area contributed by atoms with Gasteiger partial charge in [0.15, 0.2) is 0 Å². The van der Waals surface area contributed by atoms with Crippen molar-refractivity contribution in [2.24, 2.45) is 0 Å². The monoisotopic (exact) mass is 275 g/mol. The van der Waals surface area contributed by atoms with E-state index in [1.807, 2.05) is 6.92 Å². The lowest BCUT2D eigenvalue weighted by Crippen LogP contribution is -2.43. The molecule has 0 heterocycles. The smallest absolute Gasteiger partial charge is 0.129 e. The number of nitrogens with one attached hydrogen (secondary N) is 1. The van der Waals surface area contributed by atoms with Crippen molar-refractivity contribution < 1.29 is 9.50 Å². The molecule has 1 atom stereocenters. The van der Waals surface area contributed by atoms with E-state index < -0.39 is 5.54 Å². The molecule has 2 N–H and O–H groups in total. The predicted molar refractivity (Wildman–Crippen MR) is 62.2 cm³/mol. The minimum Gasteiger partial charge on any atom is -0.394 e. The molecule has 1 unspecified atom stereocenters. The third-order valence-electron chi connectivity index (χ3n) is 2.41. The third kappa shape index (κ3) is 2.77. The highest BCUT2D eigenvalue weighted by Crippen LogP contribution is 2.25. The van der Waals surface area contributed by atoms with Gasteiger partial charge in [0.25, 0.3) is 0 Å². The van der Waals surface area contributed by atoms with Gasteiger partial charge in [-0.2, -0.15) is 0 Å². The molecule has 0 fully saturated rings. The van der Waals surface area contributed by atoms with E-state index in [9.17, 15) is 9.50 Å². The molecule has 0 radical (unpaired) electrons. The van der Waals surface area contributed by atoms with Gasteiger partial charge in [0, 0.05) is 10.0 Å². The van der Waals surface area contributed by atoms with Gasteiger partial charge in [-0.15, -0.1) is 0 Å². The average molecular weight is 276 g/mol. The van der Waals surface area contributed by atoms with E-state index in [2.05, 4.69) is 21.2 Å². The third-order valence-corrected chi connectivity index (χ3v) is 2.90. The zero-order chi connectivity index (χ0) is 11.5. The molecular formula is C11H15BrFNO. The first-order chi connectivity index (χ1) is 7.03. The van der Waals surface area contributed by atoms with E-state index in [1.165, 1.54) is 6.07 Å². The molecule has 84 valence electrons. The molecule has 0 saturated heterocycles. The minimum atomic E-state index is -0.723. The first-order valence-corrected chi connectivity index (χ1v) is 5.64. The molecule has 4 heteroatoms. The van der Waals surface area contributed by atoms with Gasteiger partial charge in [0.05, 0.1) is 12.1 Å². The summed E-state index contributed by atoms with van der Waals surface area (Å²) >= 11 is 3.20. The standard InChI is InChI=1S/C11H15BrFNO/c1-3-14-11(2,7-15)9-5-4-8(12)6-10(9)13/h4-6,14-15H,3,7H2,1-2H3. The van der Waals surface area contributed by atoms with Gasteiger partial charge >= 0.3 is 0 Å². The van der Waals surface area contributed by atoms with E-state index in [0.29, 0.717) is 16.6 Å². The zero-order valence-corrected chi connectivity index (χ0v) is 10.4. The van der Waals surface area contributed by atoms with Crippen LogP contribution in [0.3, 0.4) is 0 Å². The molecule has 0 spiro atoms. The highest BCUT2D eigenvalue weighted by molar-refractivity contribution is 9.10. The molecule has 0 aliphatic rings. The summed E-state index contributed by atoms with van der Waals surface area (Å²) in [4.78, 5) is 0. The van der Waals surface area contributed by atoms with Crippen molar-refractivity contribution in [3.05, 3.63) is 34.1 Å². The van der Waals surface area contributed by atoms with Crippen molar-refractivity contribution in [2.45, 2.75) is 19.4 Å². The topological polar surface area (TPSA) is 32.3 Å². The van der Waals surface area contributed by atoms with Crippen LogP contribution < -0.4 is 5.32 Å². The molecule has 0 saturated carbocycles. The number of rotatable bonds is 4. The van der Waals surface area contributed by atoms with Crippen LogP contribution in [-0.4, -0.2) is 18.3 Å². The Labute approximate surface area is 97.6 Å². The summed E-state index contributed by atoms with van der Waals surface area (Å²) in [5.41, 5.74) is -0.241. The van der Waals surface area contributed by atoms with Crippen molar-refractivity contribution in [1.29, 1.82) is 0 Å². The molecule has 0 aliphatic carbocycles. The largest absolute Gasteiger partial charge is 0.394 e. The van der Waals surface area contributed by atoms with Crippen molar-refractivity contribution in [1.82, 2.24) is 5.32 Å². The summed E-state index contributed by atoms with van der Waals surface area (Å²) < 4.78 is 14.4. The van der Waals surface area contributed by atoms with Crippen LogP contribution in [-0.2, 0) is 5.54 Å². The van der Waals surface area contributed by atoms with Crippen LogP contribution >= 0.6 is 15.9 Å².